The highest BCUT2D eigenvalue weighted by molar-refractivity contribution is 9.11. The maximum atomic E-state index is 4.44. The van der Waals surface area contributed by atoms with Gasteiger partial charge in [-0.3, -0.25) is 9.88 Å². The van der Waals surface area contributed by atoms with Crippen molar-refractivity contribution in [1.29, 1.82) is 0 Å². The van der Waals surface area contributed by atoms with Gasteiger partial charge in [-0.25, -0.2) is 4.98 Å². The van der Waals surface area contributed by atoms with E-state index in [1.54, 1.807) is 11.3 Å². The zero-order chi connectivity index (χ0) is 13.1. The largest absolute Gasteiger partial charge is 0.314 e. The number of rotatable bonds is 3. The summed E-state index contributed by atoms with van der Waals surface area (Å²) in [5, 5.41) is 4.63. The topological polar surface area (TPSA) is 41.1 Å². The Morgan fingerprint density at radius 1 is 1.42 bits per heavy atom. The van der Waals surface area contributed by atoms with Crippen LogP contribution in [0.3, 0.4) is 0 Å². The molecule has 1 atom stereocenters. The summed E-state index contributed by atoms with van der Waals surface area (Å²) >= 11 is 5.18. The Balaban J connectivity index is 1.77. The van der Waals surface area contributed by atoms with Crippen molar-refractivity contribution in [3.05, 3.63) is 45.1 Å². The number of hydrogen-bond donors (Lipinski definition) is 1. The highest BCUT2D eigenvalue weighted by Crippen LogP contribution is 2.26. The van der Waals surface area contributed by atoms with E-state index in [0.29, 0.717) is 6.04 Å². The number of pyridine rings is 1. The average Bonchev–Trinajstić information content (AvgIpc) is 2.86. The smallest absolute Gasteiger partial charge is 0.108 e. The lowest BCUT2D eigenvalue weighted by atomic mass is 10.0. The molecule has 0 aromatic carbocycles. The van der Waals surface area contributed by atoms with Crippen molar-refractivity contribution < 1.29 is 0 Å². The molecule has 0 bridgehead atoms. The van der Waals surface area contributed by atoms with Crippen molar-refractivity contribution in [2.75, 3.05) is 19.6 Å². The van der Waals surface area contributed by atoms with Crippen molar-refractivity contribution in [3.63, 3.8) is 0 Å². The molecule has 1 aliphatic rings. The van der Waals surface area contributed by atoms with E-state index in [9.17, 15) is 0 Å². The molecule has 1 unspecified atom stereocenters. The van der Waals surface area contributed by atoms with Crippen LogP contribution in [0.25, 0.3) is 0 Å². The third-order valence-corrected chi connectivity index (χ3v) is 4.77. The molecule has 0 radical (unpaired) electrons. The Morgan fingerprint density at radius 2 is 2.26 bits per heavy atom. The van der Waals surface area contributed by atoms with Gasteiger partial charge in [0.25, 0.3) is 0 Å². The van der Waals surface area contributed by atoms with Gasteiger partial charge in [0.2, 0.25) is 0 Å². The number of halogens is 1. The fourth-order valence-electron chi connectivity index (χ4n) is 2.38. The molecule has 2 aromatic rings. The zero-order valence-corrected chi connectivity index (χ0v) is 12.8. The minimum atomic E-state index is 0.402. The van der Waals surface area contributed by atoms with E-state index in [-0.39, 0.29) is 0 Å². The van der Waals surface area contributed by atoms with Crippen molar-refractivity contribution in [3.8, 4) is 0 Å². The Labute approximate surface area is 125 Å². The van der Waals surface area contributed by atoms with Gasteiger partial charge in [-0.2, -0.15) is 0 Å². The van der Waals surface area contributed by atoms with Crippen LogP contribution in [-0.4, -0.2) is 34.5 Å². The quantitative estimate of drug-likeness (QED) is 0.933. The van der Waals surface area contributed by atoms with Gasteiger partial charge in [0.15, 0.2) is 0 Å². The number of nitrogens with zero attached hydrogens (tertiary/aromatic N) is 3. The molecule has 0 spiro atoms. The highest BCUT2D eigenvalue weighted by atomic mass is 79.9. The van der Waals surface area contributed by atoms with Gasteiger partial charge in [0.1, 0.15) is 5.01 Å². The van der Waals surface area contributed by atoms with Gasteiger partial charge in [0, 0.05) is 38.1 Å². The summed E-state index contributed by atoms with van der Waals surface area (Å²) in [5.74, 6) is 0. The molecule has 6 heteroatoms. The predicted molar refractivity (Wildman–Crippen MR) is 80.1 cm³/mol. The van der Waals surface area contributed by atoms with Crippen LogP contribution in [0, 0.1) is 0 Å². The van der Waals surface area contributed by atoms with Crippen LogP contribution in [-0.2, 0) is 6.54 Å². The number of nitrogens with one attached hydrogen (secondary N) is 1. The molecule has 3 rings (SSSR count). The monoisotopic (exact) mass is 338 g/mol. The molecular formula is C13H15BrN4S. The Bertz CT molecular complexity index is 530. The molecule has 1 aliphatic heterocycles. The van der Waals surface area contributed by atoms with Gasteiger partial charge >= 0.3 is 0 Å². The second kappa shape index (κ2) is 6.09. The second-order valence-corrected chi connectivity index (χ2v) is 7.02. The van der Waals surface area contributed by atoms with Gasteiger partial charge in [-0.15, -0.1) is 11.3 Å². The molecule has 1 fully saturated rings. The first-order valence-corrected chi connectivity index (χ1v) is 7.89. The summed E-state index contributed by atoms with van der Waals surface area (Å²) in [6, 6.07) is 4.60. The molecule has 0 amide bonds. The molecule has 0 saturated carbocycles. The van der Waals surface area contributed by atoms with Crippen molar-refractivity contribution >= 4 is 27.3 Å². The molecule has 3 heterocycles. The van der Waals surface area contributed by atoms with Gasteiger partial charge in [0.05, 0.1) is 16.5 Å². The minimum Gasteiger partial charge on any atom is -0.314 e. The normalized spacial score (nSPS) is 20.6. The van der Waals surface area contributed by atoms with E-state index in [1.807, 2.05) is 18.6 Å². The molecule has 2 aromatic heterocycles. The number of hydrogen-bond acceptors (Lipinski definition) is 5. The number of aromatic nitrogens is 2. The lowest BCUT2D eigenvalue weighted by molar-refractivity contribution is 0.153. The molecule has 100 valence electrons. The lowest BCUT2D eigenvalue weighted by Gasteiger charge is -2.35. The van der Waals surface area contributed by atoms with Crippen LogP contribution in [0.15, 0.2) is 34.5 Å². The number of thiazole rings is 1. The third-order valence-electron chi connectivity index (χ3n) is 3.31. The molecule has 4 nitrogen and oxygen atoms in total. The number of piperazine rings is 1. The van der Waals surface area contributed by atoms with Crippen LogP contribution in [0.4, 0.5) is 0 Å². The maximum Gasteiger partial charge on any atom is 0.108 e. The summed E-state index contributed by atoms with van der Waals surface area (Å²) < 4.78 is 1.10. The van der Waals surface area contributed by atoms with E-state index in [4.69, 9.17) is 0 Å². The second-order valence-electron chi connectivity index (χ2n) is 4.53. The maximum absolute atomic E-state index is 4.44. The van der Waals surface area contributed by atoms with E-state index in [1.165, 1.54) is 5.56 Å². The van der Waals surface area contributed by atoms with Crippen LogP contribution < -0.4 is 5.32 Å². The molecule has 0 aliphatic carbocycles. The fraction of sp³-hybridized carbons (Fsp3) is 0.385. The predicted octanol–water partition coefficient (Wildman–Crippen LogP) is 2.45. The van der Waals surface area contributed by atoms with Crippen molar-refractivity contribution in [2.24, 2.45) is 0 Å². The van der Waals surface area contributed by atoms with Crippen molar-refractivity contribution in [1.82, 2.24) is 20.2 Å². The zero-order valence-electron chi connectivity index (χ0n) is 10.4. The van der Waals surface area contributed by atoms with Crippen LogP contribution in [0.1, 0.15) is 16.6 Å². The van der Waals surface area contributed by atoms with Gasteiger partial charge < -0.3 is 5.32 Å². The average molecular weight is 339 g/mol. The van der Waals surface area contributed by atoms with Gasteiger partial charge in [-0.1, -0.05) is 0 Å². The van der Waals surface area contributed by atoms with Crippen LogP contribution >= 0.6 is 27.3 Å². The van der Waals surface area contributed by atoms with E-state index >= 15 is 0 Å². The lowest BCUT2D eigenvalue weighted by Crippen LogP contribution is -2.45. The summed E-state index contributed by atoms with van der Waals surface area (Å²) in [7, 11) is 0. The minimum absolute atomic E-state index is 0.402. The molecule has 19 heavy (non-hydrogen) atoms. The first kappa shape index (κ1) is 13.2. The fourth-order valence-corrected chi connectivity index (χ4v) is 3.71. The van der Waals surface area contributed by atoms with E-state index < -0.39 is 0 Å². The molecule has 1 N–H and O–H groups in total. The first-order valence-electron chi connectivity index (χ1n) is 6.28. The molecular weight excluding hydrogens is 324 g/mol. The van der Waals surface area contributed by atoms with Gasteiger partial charge in [-0.05, 0) is 33.6 Å². The summed E-state index contributed by atoms with van der Waals surface area (Å²) in [4.78, 5) is 11.0. The van der Waals surface area contributed by atoms with E-state index in [2.05, 4.69) is 48.2 Å². The standard InChI is InChI=1S/C13H15BrN4S/c14-12-8-17-13(19-12)9-18-6-5-16-7-11(18)10-1-3-15-4-2-10/h1-4,8,11,16H,5-7,9H2. The van der Waals surface area contributed by atoms with Crippen molar-refractivity contribution in [2.45, 2.75) is 12.6 Å². The highest BCUT2D eigenvalue weighted by Gasteiger charge is 2.24. The Kier molecular flexibility index (Phi) is 4.22. The summed E-state index contributed by atoms with van der Waals surface area (Å²) in [5.41, 5.74) is 1.32. The first-order chi connectivity index (χ1) is 9.33. The third kappa shape index (κ3) is 3.20. The Morgan fingerprint density at radius 3 is 3.00 bits per heavy atom. The summed E-state index contributed by atoms with van der Waals surface area (Å²) in [6.07, 6.45) is 5.60. The van der Waals surface area contributed by atoms with E-state index in [0.717, 1.165) is 35.0 Å². The molecule has 1 saturated heterocycles. The Hall–Kier alpha value is -0.820. The SMILES string of the molecule is Brc1cnc(CN2CCNCC2c2ccncc2)s1. The summed E-state index contributed by atoms with van der Waals surface area (Å²) in [6.45, 7) is 3.97. The van der Waals surface area contributed by atoms with Crippen LogP contribution in [0.5, 0.6) is 0 Å². The van der Waals surface area contributed by atoms with Crippen LogP contribution in [0.2, 0.25) is 0 Å².